The van der Waals surface area contributed by atoms with E-state index < -0.39 is 0 Å². The molecule has 3 rings (SSSR count). The molecule has 1 aromatic carbocycles. The Kier molecular flexibility index (Phi) is 5.05. The highest BCUT2D eigenvalue weighted by atomic mass is 19.1. The maximum absolute atomic E-state index is 13.2. The standard InChI is InChI=1S/C17H24FN3O/c1-2-7-19-8-11-21-9-5-13(6-10-21)17-15-4-3-14(18)12-16(15)22-20-17/h3-4,12-13,19H,2,5-11H2,1H3. The Morgan fingerprint density at radius 3 is 2.91 bits per heavy atom. The van der Waals surface area contributed by atoms with Gasteiger partial charge in [-0.1, -0.05) is 12.1 Å². The molecule has 0 saturated carbocycles. The van der Waals surface area contributed by atoms with Gasteiger partial charge in [-0.2, -0.15) is 0 Å². The molecule has 22 heavy (non-hydrogen) atoms. The van der Waals surface area contributed by atoms with Gasteiger partial charge in [-0.25, -0.2) is 4.39 Å². The molecule has 120 valence electrons. The molecule has 0 bridgehead atoms. The third kappa shape index (κ3) is 3.47. The minimum Gasteiger partial charge on any atom is -0.356 e. The highest BCUT2D eigenvalue weighted by Gasteiger charge is 2.24. The topological polar surface area (TPSA) is 41.3 Å². The quantitative estimate of drug-likeness (QED) is 0.833. The molecule has 0 amide bonds. The van der Waals surface area contributed by atoms with Crippen LogP contribution in [0.5, 0.6) is 0 Å². The number of benzene rings is 1. The zero-order valence-corrected chi connectivity index (χ0v) is 13.1. The molecule has 1 aliphatic rings. The van der Waals surface area contributed by atoms with Gasteiger partial charge in [0, 0.05) is 30.5 Å². The number of hydrogen-bond acceptors (Lipinski definition) is 4. The zero-order valence-electron chi connectivity index (χ0n) is 13.1. The number of rotatable bonds is 6. The van der Waals surface area contributed by atoms with E-state index in [2.05, 4.69) is 22.3 Å². The molecular weight excluding hydrogens is 281 g/mol. The van der Waals surface area contributed by atoms with Crippen molar-refractivity contribution in [3.63, 3.8) is 0 Å². The molecule has 5 heteroatoms. The number of piperidine rings is 1. The van der Waals surface area contributed by atoms with E-state index in [0.29, 0.717) is 11.5 Å². The second-order valence-corrected chi connectivity index (χ2v) is 6.07. The van der Waals surface area contributed by atoms with Crippen molar-refractivity contribution >= 4 is 11.0 Å². The van der Waals surface area contributed by atoms with Crippen LogP contribution in [0.25, 0.3) is 11.0 Å². The molecule has 0 unspecified atom stereocenters. The van der Waals surface area contributed by atoms with Crippen LogP contribution in [0.15, 0.2) is 22.7 Å². The van der Waals surface area contributed by atoms with Crippen molar-refractivity contribution in [3.05, 3.63) is 29.7 Å². The number of halogens is 1. The minimum absolute atomic E-state index is 0.274. The fourth-order valence-corrected chi connectivity index (χ4v) is 3.19. The number of nitrogens with zero attached hydrogens (tertiary/aromatic N) is 2. The van der Waals surface area contributed by atoms with Crippen LogP contribution in [0.3, 0.4) is 0 Å². The van der Waals surface area contributed by atoms with Crippen molar-refractivity contribution in [3.8, 4) is 0 Å². The highest BCUT2D eigenvalue weighted by Crippen LogP contribution is 2.32. The first kappa shape index (κ1) is 15.4. The average molecular weight is 305 g/mol. The van der Waals surface area contributed by atoms with E-state index in [0.717, 1.165) is 56.6 Å². The molecular formula is C17H24FN3O. The van der Waals surface area contributed by atoms with E-state index in [-0.39, 0.29) is 5.82 Å². The lowest BCUT2D eigenvalue weighted by Gasteiger charge is -2.31. The van der Waals surface area contributed by atoms with E-state index in [4.69, 9.17) is 4.52 Å². The van der Waals surface area contributed by atoms with Crippen LogP contribution in [0.2, 0.25) is 0 Å². The predicted octanol–water partition coefficient (Wildman–Crippen LogP) is 3.15. The number of nitrogens with one attached hydrogen (secondary N) is 1. The molecule has 0 spiro atoms. The van der Waals surface area contributed by atoms with Crippen LogP contribution < -0.4 is 5.32 Å². The van der Waals surface area contributed by atoms with Crippen molar-refractivity contribution in [1.82, 2.24) is 15.4 Å². The van der Waals surface area contributed by atoms with Gasteiger partial charge in [0.25, 0.3) is 0 Å². The lowest BCUT2D eigenvalue weighted by Crippen LogP contribution is -2.38. The van der Waals surface area contributed by atoms with E-state index >= 15 is 0 Å². The molecule has 1 N–H and O–H groups in total. The average Bonchev–Trinajstić information content (AvgIpc) is 2.95. The lowest BCUT2D eigenvalue weighted by molar-refractivity contribution is 0.210. The summed E-state index contributed by atoms with van der Waals surface area (Å²) in [6, 6.07) is 4.69. The van der Waals surface area contributed by atoms with Crippen LogP contribution in [0.4, 0.5) is 4.39 Å². The first-order valence-corrected chi connectivity index (χ1v) is 8.26. The predicted molar refractivity (Wildman–Crippen MR) is 85.5 cm³/mol. The molecule has 4 nitrogen and oxygen atoms in total. The molecule has 1 fully saturated rings. The molecule has 0 aliphatic carbocycles. The van der Waals surface area contributed by atoms with E-state index in [9.17, 15) is 4.39 Å². The maximum atomic E-state index is 13.2. The molecule has 1 aliphatic heterocycles. The Labute approximate surface area is 130 Å². The number of aromatic nitrogens is 1. The molecule has 2 aromatic rings. The minimum atomic E-state index is -0.274. The van der Waals surface area contributed by atoms with Gasteiger partial charge in [0.1, 0.15) is 5.82 Å². The van der Waals surface area contributed by atoms with Gasteiger partial charge >= 0.3 is 0 Å². The highest BCUT2D eigenvalue weighted by molar-refractivity contribution is 5.79. The van der Waals surface area contributed by atoms with Crippen LogP contribution in [-0.2, 0) is 0 Å². The summed E-state index contributed by atoms with van der Waals surface area (Å²) in [5.74, 6) is 0.149. The summed E-state index contributed by atoms with van der Waals surface area (Å²) >= 11 is 0. The fraction of sp³-hybridized carbons (Fsp3) is 0.588. The summed E-state index contributed by atoms with van der Waals surface area (Å²) in [6.45, 7) is 7.63. The van der Waals surface area contributed by atoms with Crippen molar-refractivity contribution in [2.24, 2.45) is 0 Å². The van der Waals surface area contributed by atoms with Crippen LogP contribution in [-0.4, -0.2) is 42.8 Å². The normalized spacial score (nSPS) is 17.4. The van der Waals surface area contributed by atoms with Crippen molar-refractivity contribution in [1.29, 1.82) is 0 Å². The van der Waals surface area contributed by atoms with Crippen LogP contribution >= 0.6 is 0 Å². The van der Waals surface area contributed by atoms with Gasteiger partial charge in [0.2, 0.25) is 0 Å². The SMILES string of the molecule is CCCNCCN1CCC(c2noc3cc(F)ccc23)CC1. The largest absolute Gasteiger partial charge is 0.356 e. The molecule has 1 saturated heterocycles. The van der Waals surface area contributed by atoms with Crippen LogP contribution in [0, 0.1) is 5.82 Å². The molecule has 1 aromatic heterocycles. The molecule has 0 radical (unpaired) electrons. The first-order chi connectivity index (χ1) is 10.8. The maximum Gasteiger partial charge on any atom is 0.170 e. The Morgan fingerprint density at radius 1 is 1.32 bits per heavy atom. The van der Waals surface area contributed by atoms with Crippen molar-refractivity contribution < 1.29 is 8.91 Å². The van der Waals surface area contributed by atoms with E-state index in [1.54, 1.807) is 6.07 Å². The third-order valence-electron chi connectivity index (χ3n) is 4.47. The van der Waals surface area contributed by atoms with Crippen LogP contribution in [0.1, 0.15) is 37.8 Å². The zero-order chi connectivity index (χ0) is 15.4. The third-order valence-corrected chi connectivity index (χ3v) is 4.47. The van der Waals surface area contributed by atoms with Gasteiger partial charge in [-0.05, 0) is 51.0 Å². The monoisotopic (exact) mass is 305 g/mol. The second-order valence-electron chi connectivity index (χ2n) is 6.07. The second kappa shape index (κ2) is 7.20. The van der Waals surface area contributed by atoms with E-state index in [1.807, 2.05) is 0 Å². The Balaban J connectivity index is 1.56. The number of hydrogen-bond donors (Lipinski definition) is 1. The summed E-state index contributed by atoms with van der Waals surface area (Å²) in [5.41, 5.74) is 1.56. The Hall–Kier alpha value is -1.46. The summed E-state index contributed by atoms with van der Waals surface area (Å²) in [4.78, 5) is 2.50. The van der Waals surface area contributed by atoms with E-state index in [1.165, 1.54) is 18.6 Å². The Morgan fingerprint density at radius 2 is 2.14 bits per heavy atom. The Bertz CT molecular complexity index is 605. The summed E-state index contributed by atoms with van der Waals surface area (Å²) in [6.07, 6.45) is 3.36. The molecule has 2 heterocycles. The smallest absolute Gasteiger partial charge is 0.170 e. The number of fused-ring (bicyclic) bond motifs is 1. The summed E-state index contributed by atoms with van der Waals surface area (Å²) < 4.78 is 18.5. The summed E-state index contributed by atoms with van der Waals surface area (Å²) in [7, 11) is 0. The fourth-order valence-electron chi connectivity index (χ4n) is 3.19. The van der Waals surface area contributed by atoms with Crippen molar-refractivity contribution in [2.75, 3.05) is 32.7 Å². The number of likely N-dealkylation sites (tertiary alicyclic amines) is 1. The van der Waals surface area contributed by atoms with Gasteiger partial charge in [-0.15, -0.1) is 0 Å². The molecule has 0 atom stereocenters. The lowest BCUT2D eigenvalue weighted by atomic mass is 9.91. The van der Waals surface area contributed by atoms with Gasteiger partial charge in [0.15, 0.2) is 5.58 Å². The van der Waals surface area contributed by atoms with Gasteiger partial charge in [0.05, 0.1) is 5.69 Å². The first-order valence-electron chi connectivity index (χ1n) is 8.26. The van der Waals surface area contributed by atoms with Crippen molar-refractivity contribution in [2.45, 2.75) is 32.1 Å². The van der Waals surface area contributed by atoms with Gasteiger partial charge in [-0.3, -0.25) is 0 Å². The summed E-state index contributed by atoms with van der Waals surface area (Å²) in [5, 5.41) is 8.61. The van der Waals surface area contributed by atoms with Gasteiger partial charge < -0.3 is 14.7 Å².